The number of amides is 1. The van der Waals surface area contributed by atoms with Gasteiger partial charge in [-0.2, -0.15) is 4.98 Å². The lowest BCUT2D eigenvalue weighted by molar-refractivity contribution is 0.102. The van der Waals surface area contributed by atoms with Crippen molar-refractivity contribution in [3.05, 3.63) is 53.1 Å². The van der Waals surface area contributed by atoms with Crippen molar-refractivity contribution >= 4 is 71.0 Å². The second kappa shape index (κ2) is 12.1. The van der Waals surface area contributed by atoms with E-state index < -0.39 is 0 Å². The number of fused-ring (bicyclic) bond motifs is 1. The van der Waals surface area contributed by atoms with E-state index in [1.54, 1.807) is 48.4 Å². The van der Waals surface area contributed by atoms with Gasteiger partial charge in [-0.1, -0.05) is 30.9 Å². The number of rotatable bonds is 5. The van der Waals surface area contributed by atoms with E-state index in [0.29, 0.717) is 33.1 Å². The predicted octanol–water partition coefficient (Wildman–Crippen LogP) is 5.42. The molecule has 34 heavy (non-hydrogen) atoms. The Labute approximate surface area is 215 Å². The Bertz CT molecular complexity index is 1150. The normalized spacial score (nSPS) is 13.4. The average Bonchev–Trinajstić information content (AvgIpc) is 2.80. The van der Waals surface area contributed by atoms with Crippen LogP contribution in [0.3, 0.4) is 0 Å². The molecule has 1 amide bonds. The number of hydrogen-bond acceptors (Lipinski definition) is 5. The van der Waals surface area contributed by atoms with Gasteiger partial charge in [0.1, 0.15) is 11.6 Å². The van der Waals surface area contributed by atoms with Crippen LogP contribution >= 0.6 is 36.4 Å². The molecular formula is C23H27Cl3N6O2. The monoisotopic (exact) mass is 524 g/mol. The molecule has 0 radical (unpaired) electrons. The van der Waals surface area contributed by atoms with Crippen LogP contribution in [0.5, 0.6) is 5.75 Å². The van der Waals surface area contributed by atoms with Crippen LogP contribution < -0.4 is 20.7 Å². The number of ether oxygens (including phenoxy) is 1. The van der Waals surface area contributed by atoms with Gasteiger partial charge < -0.3 is 10.5 Å². The average molecular weight is 526 g/mol. The number of benzene rings is 2. The molecule has 1 heterocycles. The standard InChI is InChI=1S/C23H25ClN6O2.2ClH/c1-32-17-11-12-19-18(13-17)20(30(22(25)26)16-5-3-2-4-6-16)28-23(27-19)29-21(31)14-7-9-15(24)10-8-14;;/h7-13,16H,2-6H2,1H3,(H3,25,26)(H,27,28,29,31);2*1H. The highest BCUT2D eigenvalue weighted by Gasteiger charge is 2.27. The van der Waals surface area contributed by atoms with Gasteiger partial charge in [-0.05, 0) is 55.3 Å². The molecule has 0 spiro atoms. The molecule has 0 bridgehead atoms. The summed E-state index contributed by atoms with van der Waals surface area (Å²) in [5.74, 6) is 0.828. The van der Waals surface area contributed by atoms with Crippen molar-refractivity contribution in [3.8, 4) is 5.75 Å². The molecule has 1 aromatic heterocycles. The van der Waals surface area contributed by atoms with Crippen molar-refractivity contribution in [2.45, 2.75) is 38.1 Å². The van der Waals surface area contributed by atoms with Gasteiger partial charge >= 0.3 is 0 Å². The van der Waals surface area contributed by atoms with Gasteiger partial charge in [0.05, 0.1) is 12.6 Å². The van der Waals surface area contributed by atoms with Gasteiger partial charge in [-0.25, -0.2) is 4.98 Å². The molecule has 1 fully saturated rings. The molecule has 0 unspecified atom stereocenters. The maximum absolute atomic E-state index is 12.7. The second-order valence-corrected chi connectivity index (χ2v) is 8.20. The summed E-state index contributed by atoms with van der Waals surface area (Å²) in [6.45, 7) is 0. The molecule has 0 atom stereocenters. The number of hydrogen-bond donors (Lipinski definition) is 3. The van der Waals surface area contributed by atoms with Crippen molar-refractivity contribution in [3.63, 3.8) is 0 Å². The molecule has 3 aromatic rings. The Balaban J connectivity index is 0.00000204. The number of guanidine groups is 1. The third-order valence-electron chi connectivity index (χ3n) is 5.64. The lowest BCUT2D eigenvalue weighted by Gasteiger charge is -2.34. The van der Waals surface area contributed by atoms with E-state index in [-0.39, 0.29) is 48.7 Å². The zero-order valence-corrected chi connectivity index (χ0v) is 21.0. The first-order valence-electron chi connectivity index (χ1n) is 10.5. The minimum Gasteiger partial charge on any atom is -0.497 e. The van der Waals surface area contributed by atoms with E-state index in [9.17, 15) is 4.79 Å². The number of nitrogens with zero attached hydrogens (tertiary/aromatic N) is 3. The third kappa shape index (κ3) is 6.00. The molecule has 0 aliphatic heterocycles. The molecule has 1 saturated carbocycles. The van der Waals surface area contributed by atoms with E-state index >= 15 is 0 Å². The Kier molecular flexibility index (Phi) is 9.73. The smallest absolute Gasteiger partial charge is 0.258 e. The van der Waals surface area contributed by atoms with Crippen molar-refractivity contribution in [1.82, 2.24) is 9.97 Å². The molecule has 2 aromatic carbocycles. The number of nitrogens with one attached hydrogen (secondary N) is 2. The number of carbonyl (C=O) groups excluding carboxylic acids is 1. The fraction of sp³-hybridized carbons (Fsp3) is 0.304. The van der Waals surface area contributed by atoms with Crippen LogP contribution in [0.15, 0.2) is 42.5 Å². The number of anilines is 2. The van der Waals surface area contributed by atoms with E-state index in [1.165, 1.54) is 6.42 Å². The number of halogens is 3. The molecule has 8 nitrogen and oxygen atoms in total. The van der Waals surface area contributed by atoms with E-state index in [2.05, 4.69) is 15.3 Å². The van der Waals surface area contributed by atoms with Gasteiger partial charge in [-0.3, -0.25) is 20.4 Å². The minimum atomic E-state index is -0.354. The summed E-state index contributed by atoms with van der Waals surface area (Å²) in [5, 5.41) is 12.3. The summed E-state index contributed by atoms with van der Waals surface area (Å²) < 4.78 is 5.39. The fourth-order valence-electron chi connectivity index (χ4n) is 4.06. The van der Waals surface area contributed by atoms with Gasteiger partial charge in [0.25, 0.3) is 5.91 Å². The van der Waals surface area contributed by atoms with Gasteiger partial charge in [0.2, 0.25) is 5.95 Å². The van der Waals surface area contributed by atoms with Gasteiger partial charge in [0, 0.05) is 22.0 Å². The SMILES string of the molecule is COc1ccc2nc(NC(=O)c3ccc(Cl)cc3)nc(N(C(=N)N)C3CCCCC3)c2c1.Cl.Cl. The maximum atomic E-state index is 12.7. The van der Waals surface area contributed by atoms with E-state index in [1.807, 2.05) is 6.07 Å². The summed E-state index contributed by atoms with van der Waals surface area (Å²) in [7, 11) is 1.59. The summed E-state index contributed by atoms with van der Waals surface area (Å²) >= 11 is 5.92. The van der Waals surface area contributed by atoms with Crippen molar-refractivity contribution < 1.29 is 9.53 Å². The third-order valence-corrected chi connectivity index (χ3v) is 5.89. The van der Waals surface area contributed by atoms with Crippen LogP contribution in [0.4, 0.5) is 11.8 Å². The van der Waals surface area contributed by atoms with Crippen LogP contribution in [-0.4, -0.2) is 35.0 Å². The van der Waals surface area contributed by atoms with Crippen molar-refractivity contribution in [1.29, 1.82) is 5.41 Å². The predicted molar refractivity (Wildman–Crippen MR) is 141 cm³/mol. The highest BCUT2D eigenvalue weighted by molar-refractivity contribution is 6.30. The molecule has 1 aliphatic carbocycles. The molecule has 11 heteroatoms. The zero-order valence-electron chi connectivity index (χ0n) is 18.6. The second-order valence-electron chi connectivity index (χ2n) is 7.76. The van der Waals surface area contributed by atoms with Crippen LogP contribution in [0.25, 0.3) is 10.9 Å². The Morgan fingerprint density at radius 1 is 1.12 bits per heavy atom. The van der Waals surface area contributed by atoms with E-state index in [0.717, 1.165) is 25.7 Å². The van der Waals surface area contributed by atoms with Crippen LogP contribution in [0, 0.1) is 5.41 Å². The van der Waals surface area contributed by atoms with Crippen molar-refractivity contribution in [2.75, 3.05) is 17.3 Å². The first-order valence-corrected chi connectivity index (χ1v) is 10.9. The topological polar surface area (TPSA) is 117 Å². The first kappa shape index (κ1) is 27.4. The number of aromatic nitrogens is 2. The molecule has 1 aliphatic rings. The highest BCUT2D eigenvalue weighted by Crippen LogP contribution is 2.33. The summed E-state index contributed by atoms with van der Waals surface area (Å²) in [6, 6.07) is 12.0. The maximum Gasteiger partial charge on any atom is 0.258 e. The molecule has 4 rings (SSSR count). The molecular weight excluding hydrogens is 499 g/mol. The number of nitrogens with two attached hydrogens (primary N) is 1. The quantitative estimate of drug-likeness (QED) is 0.302. The minimum absolute atomic E-state index is 0. The van der Waals surface area contributed by atoms with Crippen LogP contribution in [0.1, 0.15) is 42.5 Å². The molecule has 4 N–H and O–H groups in total. The Morgan fingerprint density at radius 3 is 2.41 bits per heavy atom. The summed E-state index contributed by atoms with van der Waals surface area (Å²) in [4.78, 5) is 23.6. The first-order chi connectivity index (χ1) is 15.5. The Morgan fingerprint density at radius 2 is 1.79 bits per heavy atom. The van der Waals surface area contributed by atoms with Gasteiger partial charge in [-0.15, -0.1) is 24.8 Å². The summed E-state index contributed by atoms with van der Waals surface area (Å²) in [5.41, 5.74) is 7.09. The highest BCUT2D eigenvalue weighted by atomic mass is 35.5. The Hall–Kier alpha value is -2.81. The van der Waals surface area contributed by atoms with Crippen LogP contribution in [-0.2, 0) is 0 Å². The largest absolute Gasteiger partial charge is 0.497 e. The molecule has 0 saturated heterocycles. The van der Waals surface area contributed by atoms with Gasteiger partial charge in [0.15, 0.2) is 5.96 Å². The van der Waals surface area contributed by atoms with Crippen LogP contribution in [0.2, 0.25) is 5.02 Å². The van der Waals surface area contributed by atoms with Crippen molar-refractivity contribution in [2.24, 2.45) is 5.73 Å². The number of carbonyl (C=O) groups is 1. The fourth-order valence-corrected chi connectivity index (χ4v) is 4.18. The zero-order chi connectivity index (χ0) is 22.7. The number of methoxy groups -OCH3 is 1. The summed E-state index contributed by atoms with van der Waals surface area (Å²) in [6.07, 6.45) is 5.15. The lowest BCUT2D eigenvalue weighted by Crippen LogP contribution is -2.46. The molecule has 182 valence electrons. The lowest BCUT2D eigenvalue weighted by atomic mass is 9.94. The van der Waals surface area contributed by atoms with E-state index in [4.69, 9.17) is 27.5 Å².